The molecule has 24 heavy (non-hydrogen) atoms. The highest BCUT2D eigenvalue weighted by Gasteiger charge is 2.13. The van der Waals surface area contributed by atoms with Gasteiger partial charge < -0.3 is 15.6 Å². The third-order valence-electron chi connectivity index (χ3n) is 3.50. The standard InChI is InChI=1S/C17H21ClN4O2/c1-4-7-19-14-6-5-12(18)8-15(14)22-16(23)9-13-10(2)20-11(3)21-17(13)24/h5-6,8,19H,4,7,9H2,1-3H3,(H,22,23)(H,20,21,24). The number of carbonyl (C=O) groups excluding carboxylic acids is 1. The zero-order chi connectivity index (χ0) is 17.7. The molecule has 2 rings (SSSR count). The highest BCUT2D eigenvalue weighted by molar-refractivity contribution is 6.31. The Balaban J connectivity index is 2.18. The fourth-order valence-electron chi connectivity index (χ4n) is 2.35. The van der Waals surface area contributed by atoms with Crippen LogP contribution in [0.5, 0.6) is 0 Å². The number of nitrogens with zero attached hydrogens (tertiary/aromatic N) is 1. The van der Waals surface area contributed by atoms with E-state index >= 15 is 0 Å². The van der Waals surface area contributed by atoms with Gasteiger partial charge >= 0.3 is 0 Å². The first-order chi connectivity index (χ1) is 11.4. The molecule has 1 amide bonds. The molecule has 6 nitrogen and oxygen atoms in total. The Kier molecular flexibility index (Phi) is 5.98. The van der Waals surface area contributed by atoms with Gasteiger partial charge in [0.1, 0.15) is 5.82 Å². The van der Waals surface area contributed by atoms with Gasteiger partial charge in [-0.1, -0.05) is 18.5 Å². The van der Waals surface area contributed by atoms with Crippen LogP contribution in [0.2, 0.25) is 5.02 Å². The van der Waals surface area contributed by atoms with Crippen LogP contribution < -0.4 is 16.2 Å². The van der Waals surface area contributed by atoms with Crippen LogP contribution in [0.1, 0.15) is 30.4 Å². The summed E-state index contributed by atoms with van der Waals surface area (Å²) in [5.41, 5.74) is 2.02. The second kappa shape index (κ2) is 7.97. The molecule has 3 N–H and O–H groups in total. The van der Waals surface area contributed by atoms with E-state index in [1.54, 1.807) is 26.0 Å². The molecule has 0 saturated heterocycles. The molecular formula is C17H21ClN4O2. The fraction of sp³-hybridized carbons (Fsp3) is 0.353. The van der Waals surface area contributed by atoms with Gasteiger partial charge in [0.2, 0.25) is 5.91 Å². The SMILES string of the molecule is CCCNc1ccc(Cl)cc1NC(=O)Cc1c(C)nc(C)[nH]c1=O. The van der Waals surface area contributed by atoms with Crippen molar-refractivity contribution in [3.05, 3.63) is 50.7 Å². The molecule has 0 aliphatic carbocycles. The first-order valence-corrected chi connectivity index (χ1v) is 8.18. The summed E-state index contributed by atoms with van der Waals surface area (Å²) >= 11 is 6.02. The lowest BCUT2D eigenvalue weighted by molar-refractivity contribution is -0.115. The number of nitrogens with one attached hydrogen (secondary N) is 3. The summed E-state index contributed by atoms with van der Waals surface area (Å²) in [5, 5.41) is 6.57. The van der Waals surface area contributed by atoms with Crippen LogP contribution in [-0.2, 0) is 11.2 Å². The summed E-state index contributed by atoms with van der Waals surface area (Å²) in [5.74, 6) is 0.235. The van der Waals surface area contributed by atoms with Crippen LogP contribution in [0.15, 0.2) is 23.0 Å². The van der Waals surface area contributed by atoms with E-state index in [0.717, 1.165) is 18.7 Å². The Morgan fingerprint density at radius 1 is 1.29 bits per heavy atom. The molecule has 0 bridgehead atoms. The molecule has 7 heteroatoms. The summed E-state index contributed by atoms with van der Waals surface area (Å²) in [6.07, 6.45) is 0.911. The van der Waals surface area contributed by atoms with Crippen LogP contribution >= 0.6 is 11.6 Å². The van der Waals surface area contributed by atoms with E-state index in [0.29, 0.717) is 27.8 Å². The molecule has 2 aromatic rings. The molecule has 1 heterocycles. The number of aromatic nitrogens is 2. The lowest BCUT2D eigenvalue weighted by atomic mass is 10.1. The molecule has 128 valence electrons. The molecule has 0 spiro atoms. The summed E-state index contributed by atoms with van der Waals surface area (Å²) in [4.78, 5) is 31.2. The Hall–Kier alpha value is -2.34. The number of benzene rings is 1. The van der Waals surface area contributed by atoms with Crippen molar-refractivity contribution in [2.24, 2.45) is 0 Å². The molecule has 0 saturated carbocycles. The smallest absolute Gasteiger partial charge is 0.254 e. The minimum atomic E-state index is -0.295. The summed E-state index contributed by atoms with van der Waals surface area (Å²) in [6, 6.07) is 5.26. The molecule has 0 atom stereocenters. The van der Waals surface area contributed by atoms with E-state index in [-0.39, 0.29) is 17.9 Å². The molecule has 1 aromatic carbocycles. The quantitative estimate of drug-likeness (QED) is 0.748. The number of halogens is 1. The van der Waals surface area contributed by atoms with Crippen LogP contribution in [-0.4, -0.2) is 22.4 Å². The maximum Gasteiger partial charge on any atom is 0.254 e. The third kappa shape index (κ3) is 4.58. The van der Waals surface area contributed by atoms with Crippen molar-refractivity contribution in [3.8, 4) is 0 Å². The molecular weight excluding hydrogens is 328 g/mol. The summed E-state index contributed by atoms with van der Waals surface area (Å²) < 4.78 is 0. The lowest BCUT2D eigenvalue weighted by Gasteiger charge is -2.13. The number of aryl methyl sites for hydroxylation is 2. The van der Waals surface area contributed by atoms with Gasteiger partial charge in [0.25, 0.3) is 5.56 Å². The second-order valence-electron chi connectivity index (χ2n) is 5.56. The predicted molar refractivity (Wildman–Crippen MR) is 96.9 cm³/mol. The highest BCUT2D eigenvalue weighted by atomic mass is 35.5. The van der Waals surface area contributed by atoms with Gasteiger partial charge in [0.15, 0.2) is 0 Å². The predicted octanol–water partition coefficient (Wildman–Crippen LogP) is 3.04. The van der Waals surface area contributed by atoms with Gasteiger partial charge in [-0.25, -0.2) is 4.98 Å². The number of carbonyl (C=O) groups is 1. The van der Waals surface area contributed by atoms with E-state index in [9.17, 15) is 9.59 Å². The first kappa shape index (κ1) is 18.0. The zero-order valence-corrected chi connectivity index (χ0v) is 14.8. The zero-order valence-electron chi connectivity index (χ0n) is 14.0. The number of amides is 1. The van der Waals surface area contributed by atoms with Crippen LogP contribution in [0.25, 0.3) is 0 Å². The van der Waals surface area contributed by atoms with Gasteiger partial charge in [-0.05, 0) is 38.5 Å². The number of rotatable bonds is 6. The van der Waals surface area contributed by atoms with Crippen LogP contribution in [0.3, 0.4) is 0 Å². The molecule has 0 aliphatic rings. The number of anilines is 2. The normalized spacial score (nSPS) is 10.5. The highest BCUT2D eigenvalue weighted by Crippen LogP contribution is 2.26. The number of aromatic amines is 1. The van der Waals surface area contributed by atoms with Crippen molar-refractivity contribution in [1.82, 2.24) is 9.97 Å². The van der Waals surface area contributed by atoms with Gasteiger partial charge in [-0.3, -0.25) is 9.59 Å². The maximum atomic E-state index is 12.3. The van der Waals surface area contributed by atoms with Crippen molar-refractivity contribution >= 4 is 28.9 Å². The fourth-order valence-corrected chi connectivity index (χ4v) is 2.52. The van der Waals surface area contributed by atoms with Crippen molar-refractivity contribution in [3.63, 3.8) is 0 Å². The minimum Gasteiger partial charge on any atom is -0.383 e. The van der Waals surface area contributed by atoms with E-state index in [2.05, 4.69) is 27.5 Å². The molecule has 0 radical (unpaired) electrons. The molecule has 0 aliphatic heterocycles. The summed E-state index contributed by atoms with van der Waals surface area (Å²) in [6.45, 7) is 6.26. The maximum absolute atomic E-state index is 12.3. The Labute approximate surface area is 145 Å². The van der Waals surface area contributed by atoms with Gasteiger partial charge in [-0.15, -0.1) is 0 Å². The summed E-state index contributed by atoms with van der Waals surface area (Å²) in [7, 11) is 0. The van der Waals surface area contributed by atoms with Gasteiger partial charge in [-0.2, -0.15) is 0 Å². The largest absolute Gasteiger partial charge is 0.383 e. The second-order valence-corrected chi connectivity index (χ2v) is 5.99. The molecule has 0 fully saturated rings. The van der Waals surface area contributed by atoms with E-state index in [4.69, 9.17) is 11.6 Å². The van der Waals surface area contributed by atoms with Crippen LogP contribution in [0, 0.1) is 13.8 Å². The average molecular weight is 349 g/mol. The average Bonchev–Trinajstić information content (AvgIpc) is 2.50. The molecule has 0 unspecified atom stereocenters. The Morgan fingerprint density at radius 2 is 2.04 bits per heavy atom. The Morgan fingerprint density at radius 3 is 2.71 bits per heavy atom. The van der Waals surface area contributed by atoms with Crippen LogP contribution in [0.4, 0.5) is 11.4 Å². The lowest BCUT2D eigenvalue weighted by Crippen LogP contribution is -2.24. The van der Waals surface area contributed by atoms with Crippen molar-refractivity contribution < 1.29 is 4.79 Å². The van der Waals surface area contributed by atoms with E-state index < -0.39 is 0 Å². The van der Waals surface area contributed by atoms with E-state index in [1.165, 1.54) is 0 Å². The molecule has 1 aromatic heterocycles. The monoisotopic (exact) mass is 348 g/mol. The van der Waals surface area contributed by atoms with Crippen molar-refractivity contribution in [2.75, 3.05) is 17.2 Å². The van der Waals surface area contributed by atoms with Crippen molar-refractivity contribution in [2.45, 2.75) is 33.6 Å². The van der Waals surface area contributed by atoms with Crippen molar-refractivity contribution in [1.29, 1.82) is 0 Å². The first-order valence-electron chi connectivity index (χ1n) is 7.80. The van der Waals surface area contributed by atoms with E-state index in [1.807, 2.05) is 6.07 Å². The Bertz CT molecular complexity index is 802. The number of hydrogen-bond acceptors (Lipinski definition) is 4. The minimum absolute atomic E-state index is 0.0474. The topological polar surface area (TPSA) is 86.9 Å². The van der Waals surface area contributed by atoms with Gasteiger partial charge in [0.05, 0.1) is 17.8 Å². The number of H-pyrrole nitrogens is 1. The number of hydrogen-bond donors (Lipinski definition) is 3. The van der Waals surface area contributed by atoms with Gasteiger partial charge in [0, 0.05) is 22.8 Å². The third-order valence-corrected chi connectivity index (χ3v) is 3.73.